The van der Waals surface area contributed by atoms with Gasteiger partial charge in [0.25, 0.3) is 5.91 Å². The van der Waals surface area contributed by atoms with Gasteiger partial charge in [-0.25, -0.2) is 8.42 Å². The summed E-state index contributed by atoms with van der Waals surface area (Å²) in [6, 6.07) is 6.75. The van der Waals surface area contributed by atoms with Crippen molar-refractivity contribution in [1.82, 2.24) is 9.62 Å². The molecule has 2 heterocycles. The zero-order valence-electron chi connectivity index (χ0n) is 15.4. The quantitative estimate of drug-likeness (QED) is 0.745. The molecule has 2 aromatic rings. The molecule has 0 atom stereocenters. The van der Waals surface area contributed by atoms with Crippen LogP contribution in [0.15, 0.2) is 38.1 Å². The van der Waals surface area contributed by atoms with Gasteiger partial charge in [0.15, 0.2) is 0 Å². The van der Waals surface area contributed by atoms with Crippen molar-refractivity contribution < 1.29 is 17.6 Å². The van der Waals surface area contributed by atoms with Crippen LogP contribution in [0.25, 0.3) is 0 Å². The Labute approximate surface area is 168 Å². The molecular weight excluding hydrogens is 432 g/mol. The summed E-state index contributed by atoms with van der Waals surface area (Å²) in [7, 11) is -3.49. The van der Waals surface area contributed by atoms with E-state index < -0.39 is 10.0 Å². The minimum atomic E-state index is -3.49. The third kappa shape index (κ3) is 4.28. The first-order chi connectivity index (χ1) is 12.8. The van der Waals surface area contributed by atoms with Crippen LogP contribution in [0.4, 0.5) is 0 Å². The first kappa shape index (κ1) is 20.1. The Bertz CT molecular complexity index is 947. The number of benzene rings is 1. The van der Waals surface area contributed by atoms with Gasteiger partial charge in [-0.15, -0.1) is 0 Å². The number of sulfonamides is 1. The molecule has 6 nitrogen and oxygen atoms in total. The lowest BCUT2D eigenvalue weighted by atomic mass is 10.2. The highest BCUT2D eigenvalue weighted by atomic mass is 79.9. The van der Waals surface area contributed by atoms with E-state index in [2.05, 4.69) is 21.2 Å². The highest BCUT2D eigenvalue weighted by Crippen LogP contribution is 2.27. The number of amides is 1. The maximum atomic E-state index is 12.8. The normalized spacial score (nSPS) is 15.7. The van der Waals surface area contributed by atoms with Crippen molar-refractivity contribution in [2.45, 2.75) is 44.6 Å². The van der Waals surface area contributed by atoms with Gasteiger partial charge >= 0.3 is 0 Å². The number of carbonyl (C=O) groups excluding carboxylic acids is 1. The molecule has 1 fully saturated rings. The molecule has 1 N–H and O–H groups in total. The molecule has 0 saturated carbocycles. The van der Waals surface area contributed by atoms with Crippen LogP contribution in [-0.2, 0) is 16.6 Å². The average molecular weight is 455 g/mol. The Morgan fingerprint density at radius 2 is 1.89 bits per heavy atom. The summed E-state index contributed by atoms with van der Waals surface area (Å²) in [5, 5.41) is 2.83. The molecule has 1 aliphatic heterocycles. The van der Waals surface area contributed by atoms with Gasteiger partial charge in [-0.2, -0.15) is 4.31 Å². The highest BCUT2D eigenvalue weighted by molar-refractivity contribution is 9.10. The first-order valence-electron chi connectivity index (χ1n) is 8.93. The van der Waals surface area contributed by atoms with Crippen molar-refractivity contribution in [3.8, 4) is 0 Å². The Hall–Kier alpha value is -1.64. The summed E-state index contributed by atoms with van der Waals surface area (Å²) in [6.45, 7) is 4.88. The van der Waals surface area contributed by atoms with E-state index in [-0.39, 0.29) is 17.3 Å². The molecule has 8 heteroatoms. The summed E-state index contributed by atoms with van der Waals surface area (Å²) in [4.78, 5) is 12.7. The van der Waals surface area contributed by atoms with Gasteiger partial charge in [0.2, 0.25) is 10.0 Å². The molecule has 1 aromatic carbocycles. The van der Waals surface area contributed by atoms with Gasteiger partial charge in [-0.1, -0.05) is 18.6 Å². The molecule has 1 aliphatic rings. The van der Waals surface area contributed by atoms with Gasteiger partial charge < -0.3 is 9.73 Å². The molecule has 3 rings (SSSR count). The predicted molar refractivity (Wildman–Crippen MR) is 106 cm³/mol. The van der Waals surface area contributed by atoms with Gasteiger partial charge in [0.05, 0.1) is 14.9 Å². The van der Waals surface area contributed by atoms with Crippen LogP contribution >= 0.6 is 15.9 Å². The minimum Gasteiger partial charge on any atom is -0.465 e. The standard InChI is InChI=1S/C19H23BrN2O4S/c1-13-17(18(20)14(2)26-13)19(23)21-12-15-7-6-8-16(11-15)27(24,25)22-9-4-3-5-10-22/h6-8,11H,3-5,9-10,12H2,1-2H3,(H,21,23). The van der Waals surface area contributed by atoms with Crippen molar-refractivity contribution in [3.63, 3.8) is 0 Å². The van der Waals surface area contributed by atoms with Crippen LogP contribution in [0.5, 0.6) is 0 Å². The van der Waals surface area contributed by atoms with Gasteiger partial charge in [0, 0.05) is 19.6 Å². The van der Waals surface area contributed by atoms with Gasteiger partial charge in [-0.3, -0.25) is 4.79 Å². The average Bonchev–Trinajstić information content (AvgIpc) is 2.92. The molecule has 0 spiro atoms. The van der Waals surface area contributed by atoms with Crippen LogP contribution in [0.1, 0.15) is 46.7 Å². The molecule has 1 saturated heterocycles. The Balaban J connectivity index is 1.73. The number of nitrogens with one attached hydrogen (secondary N) is 1. The van der Waals surface area contributed by atoms with Crippen molar-refractivity contribution >= 4 is 31.9 Å². The van der Waals surface area contributed by atoms with E-state index in [9.17, 15) is 13.2 Å². The Kier molecular flexibility index (Phi) is 6.08. The van der Waals surface area contributed by atoms with Crippen LogP contribution in [0.3, 0.4) is 0 Å². The first-order valence-corrected chi connectivity index (χ1v) is 11.2. The second kappa shape index (κ2) is 8.16. The third-order valence-corrected chi connectivity index (χ3v) is 7.57. The van der Waals surface area contributed by atoms with E-state index >= 15 is 0 Å². The van der Waals surface area contributed by atoms with Crippen molar-refractivity contribution in [3.05, 3.63) is 51.4 Å². The topological polar surface area (TPSA) is 79.6 Å². The van der Waals surface area contributed by atoms with Crippen molar-refractivity contribution in [2.24, 2.45) is 0 Å². The summed E-state index contributed by atoms with van der Waals surface area (Å²) in [5.74, 6) is 0.922. The molecule has 0 aliphatic carbocycles. The van der Waals surface area contributed by atoms with Crippen LogP contribution in [-0.4, -0.2) is 31.7 Å². The number of hydrogen-bond donors (Lipinski definition) is 1. The third-order valence-electron chi connectivity index (χ3n) is 4.72. The minimum absolute atomic E-state index is 0.234. The number of piperidine rings is 1. The molecule has 0 unspecified atom stereocenters. The molecule has 146 valence electrons. The van der Waals surface area contributed by atoms with Crippen LogP contribution < -0.4 is 5.32 Å². The molecule has 1 amide bonds. The van der Waals surface area contributed by atoms with E-state index in [1.54, 1.807) is 42.4 Å². The van der Waals surface area contributed by atoms with Gasteiger partial charge in [0.1, 0.15) is 11.5 Å². The zero-order chi connectivity index (χ0) is 19.6. The summed E-state index contributed by atoms with van der Waals surface area (Å²) in [6.07, 6.45) is 2.86. The second-order valence-corrected chi connectivity index (χ2v) is 9.43. The number of hydrogen-bond acceptors (Lipinski definition) is 4. The number of nitrogens with zero attached hydrogens (tertiary/aromatic N) is 1. The number of halogens is 1. The van der Waals surface area contributed by atoms with E-state index in [1.165, 1.54) is 0 Å². The van der Waals surface area contributed by atoms with Gasteiger partial charge in [-0.05, 0) is 60.3 Å². The molecular formula is C19H23BrN2O4S. The van der Waals surface area contributed by atoms with Crippen LogP contribution in [0, 0.1) is 13.8 Å². The fourth-order valence-electron chi connectivity index (χ4n) is 3.26. The molecule has 0 bridgehead atoms. The second-order valence-electron chi connectivity index (χ2n) is 6.70. The summed E-state index contributed by atoms with van der Waals surface area (Å²) < 4.78 is 33.3. The summed E-state index contributed by atoms with van der Waals surface area (Å²) >= 11 is 3.37. The fourth-order valence-corrected chi connectivity index (χ4v) is 5.38. The number of aryl methyl sites for hydroxylation is 2. The molecule has 1 aromatic heterocycles. The molecule has 27 heavy (non-hydrogen) atoms. The monoisotopic (exact) mass is 454 g/mol. The maximum Gasteiger partial charge on any atom is 0.256 e. The van der Waals surface area contributed by atoms with E-state index in [1.807, 2.05) is 0 Å². The largest absolute Gasteiger partial charge is 0.465 e. The Morgan fingerprint density at radius 3 is 2.52 bits per heavy atom. The smallest absolute Gasteiger partial charge is 0.256 e. The van der Waals surface area contributed by atoms with Crippen molar-refractivity contribution in [2.75, 3.05) is 13.1 Å². The van der Waals surface area contributed by atoms with E-state index in [0.29, 0.717) is 34.6 Å². The van der Waals surface area contributed by atoms with Crippen LogP contribution in [0.2, 0.25) is 0 Å². The lowest BCUT2D eigenvalue weighted by Crippen LogP contribution is -2.35. The van der Waals surface area contributed by atoms with E-state index in [0.717, 1.165) is 24.8 Å². The maximum absolute atomic E-state index is 12.8. The lowest BCUT2D eigenvalue weighted by Gasteiger charge is -2.26. The highest BCUT2D eigenvalue weighted by Gasteiger charge is 2.26. The molecule has 0 radical (unpaired) electrons. The zero-order valence-corrected chi connectivity index (χ0v) is 17.8. The Morgan fingerprint density at radius 1 is 1.19 bits per heavy atom. The summed E-state index contributed by atoms with van der Waals surface area (Å²) in [5.41, 5.74) is 1.19. The number of rotatable bonds is 5. The number of carbonyl (C=O) groups is 1. The fraction of sp³-hybridized carbons (Fsp3) is 0.421. The predicted octanol–water partition coefficient (Wildman–Crippen LogP) is 3.76. The van der Waals surface area contributed by atoms with Crippen molar-refractivity contribution in [1.29, 1.82) is 0 Å². The lowest BCUT2D eigenvalue weighted by molar-refractivity contribution is 0.0948. The SMILES string of the molecule is Cc1oc(C)c(C(=O)NCc2cccc(S(=O)(=O)N3CCCCC3)c2)c1Br. The number of furan rings is 1. The van der Waals surface area contributed by atoms with E-state index in [4.69, 9.17) is 4.42 Å².